The Morgan fingerprint density at radius 2 is 1.58 bits per heavy atom. The van der Waals surface area contributed by atoms with Gasteiger partial charge in [0.25, 0.3) is 0 Å². The van der Waals surface area contributed by atoms with E-state index in [1.54, 1.807) is 11.8 Å². The lowest BCUT2D eigenvalue weighted by Gasteiger charge is -2.16. The van der Waals surface area contributed by atoms with E-state index in [0.29, 0.717) is 0 Å². The third kappa shape index (κ3) is 4.13. The van der Waals surface area contributed by atoms with Crippen molar-refractivity contribution < 1.29 is 0 Å². The molecular weight excluding hydrogens is 288 g/mol. The molecule has 0 N–H and O–H groups in total. The van der Waals surface area contributed by atoms with Crippen LogP contribution in [-0.4, -0.2) is 8.07 Å². The summed E-state index contributed by atoms with van der Waals surface area (Å²) in [6.45, 7) is 7.13. The fourth-order valence-electron chi connectivity index (χ4n) is 1.82. The van der Waals surface area contributed by atoms with Gasteiger partial charge in [-0.15, -0.1) is 11.8 Å². The number of benzene rings is 2. The van der Waals surface area contributed by atoms with Crippen LogP contribution in [0.3, 0.4) is 0 Å². The van der Waals surface area contributed by atoms with Gasteiger partial charge < -0.3 is 0 Å². The number of thioether (sulfide) groups is 1. The predicted molar refractivity (Wildman–Crippen MR) is 90.4 cm³/mol. The third-order valence-corrected chi connectivity index (χ3v) is 6.70. The molecule has 0 saturated carbocycles. The van der Waals surface area contributed by atoms with Crippen molar-refractivity contribution in [2.24, 2.45) is 0 Å². The lowest BCUT2D eigenvalue weighted by atomic mass is 10.2. The topological polar surface area (TPSA) is 0 Å². The van der Waals surface area contributed by atoms with Crippen LogP contribution < -0.4 is 5.19 Å². The van der Waals surface area contributed by atoms with E-state index in [1.807, 2.05) is 18.2 Å². The fourth-order valence-corrected chi connectivity index (χ4v) is 4.19. The zero-order valence-corrected chi connectivity index (χ0v) is 14.2. The second kappa shape index (κ2) is 6.17. The van der Waals surface area contributed by atoms with Crippen LogP contribution in [0.5, 0.6) is 0 Å². The lowest BCUT2D eigenvalue weighted by molar-refractivity contribution is 1.38. The number of hydrogen-bond donors (Lipinski definition) is 0. The Bertz CT molecular complexity index is 543. The van der Waals surface area contributed by atoms with Gasteiger partial charge in [0.2, 0.25) is 0 Å². The first-order chi connectivity index (χ1) is 8.97. The molecule has 0 unspecified atom stereocenters. The summed E-state index contributed by atoms with van der Waals surface area (Å²) in [5.41, 5.74) is 1.35. The van der Waals surface area contributed by atoms with Gasteiger partial charge in [0, 0.05) is 10.6 Å². The number of halogens is 1. The maximum Gasteiger partial charge on any atom is 0.0775 e. The highest BCUT2D eigenvalue weighted by molar-refractivity contribution is 7.98. The van der Waals surface area contributed by atoms with Crippen LogP contribution in [0.1, 0.15) is 5.56 Å². The van der Waals surface area contributed by atoms with Crippen molar-refractivity contribution in [3.63, 3.8) is 0 Å². The first-order valence-electron chi connectivity index (χ1n) is 6.43. The molecule has 0 aliphatic heterocycles. The molecule has 0 aliphatic carbocycles. The van der Waals surface area contributed by atoms with Gasteiger partial charge in [0.05, 0.1) is 13.1 Å². The number of hydrogen-bond acceptors (Lipinski definition) is 1. The highest BCUT2D eigenvalue weighted by Gasteiger charge is 2.15. The molecule has 100 valence electrons. The Morgan fingerprint density at radius 3 is 2.16 bits per heavy atom. The first-order valence-corrected chi connectivity index (χ1v) is 11.3. The minimum absolute atomic E-state index is 0.839. The first kappa shape index (κ1) is 14.7. The molecule has 0 spiro atoms. The quantitative estimate of drug-likeness (QED) is 0.554. The standard InChI is InChI=1S/C16H19ClSSi/c1-19(2,3)14-10-8-13(9-11-14)12-18-16-7-5-4-6-15(16)17/h4-11H,12H2,1-3H3. The Morgan fingerprint density at radius 1 is 0.947 bits per heavy atom. The molecule has 0 atom stereocenters. The molecule has 0 aromatic heterocycles. The second-order valence-corrected chi connectivity index (χ2v) is 12.2. The summed E-state index contributed by atoms with van der Waals surface area (Å²) in [6.07, 6.45) is 0. The normalized spacial score (nSPS) is 11.6. The molecular formula is C16H19ClSSi. The lowest BCUT2D eigenvalue weighted by Crippen LogP contribution is -2.37. The van der Waals surface area contributed by atoms with Crippen molar-refractivity contribution in [3.05, 3.63) is 59.1 Å². The van der Waals surface area contributed by atoms with Crippen LogP contribution >= 0.6 is 23.4 Å². The molecule has 0 saturated heterocycles. The van der Waals surface area contributed by atoms with Crippen LogP contribution in [0, 0.1) is 0 Å². The summed E-state index contributed by atoms with van der Waals surface area (Å²) in [4.78, 5) is 1.15. The zero-order chi connectivity index (χ0) is 13.9. The van der Waals surface area contributed by atoms with E-state index in [2.05, 4.69) is 50.0 Å². The maximum atomic E-state index is 6.16. The Kier molecular flexibility index (Phi) is 4.77. The largest absolute Gasteiger partial charge is 0.120 e. The highest BCUT2D eigenvalue weighted by atomic mass is 35.5. The van der Waals surface area contributed by atoms with Crippen LogP contribution in [0.4, 0.5) is 0 Å². The molecule has 0 fully saturated rings. The van der Waals surface area contributed by atoms with Gasteiger partial charge in [-0.1, -0.05) is 72.8 Å². The average Bonchev–Trinajstić information content (AvgIpc) is 2.37. The molecule has 0 bridgehead atoms. The van der Waals surface area contributed by atoms with E-state index in [4.69, 9.17) is 11.6 Å². The third-order valence-electron chi connectivity index (χ3n) is 3.05. The zero-order valence-electron chi connectivity index (χ0n) is 11.6. The molecule has 0 aliphatic rings. The molecule has 0 radical (unpaired) electrons. The fraction of sp³-hybridized carbons (Fsp3) is 0.250. The van der Waals surface area contributed by atoms with Gasteiger partial charge in [-0.3, -0.25) is 0 Å². The van der Waals surface area contributed by atoms with Gasteiger partial charge in [0.1, 0.15) is 0 Å². The Balaban J connectivity index is 2.03. The van der Waals surface area contributed by atoms with Crippen molar-refractivity contribution in [1.82, 2.24) is 0 Å². The molecule has 19 heavy (non-hydrogen) atoms. The monoisotopic (exact) mass is 306 g/mol. The molecule has 3 heteroatoms. The smallest absolute Gasteiger partial charge is 0.0775 e. The van der Waals surface area contributed by atoms with Crippen molar-refractivity contribution >= 4 is 36.6 Å². The maximum absolute atomic E-state index is 6.16. The van der Waals surface area contributed by atoms with Gasteiger partial charge in [-0.2, -0.15) is 0 Å². The second-order valence-electron chi connectivity index (χ2n) is 5.67. The molecule has 0 nitrogen and oxygen atoms in total. The molecule has 2 aromatic rings. The van der Waals surface area contributed by atoms with E-state index in [1.165, 1.54) is 10.8 Å². The number of rotatable bonds is 4. The Labute approximate surface area is 126 Å². The van der Waals surface area contributed by atoms with E-state index in [9.17, 15) is 0 Å². The van der Waals surface area contributed by atoms with E-state index in [-0.39, 0.29) is 0 Å². The summed E-state index contributed by atoms with van der Waals surface area (Å²) in [5, 5.41) is 2.35. The van der Waals surface area contributed by atoms with Crippen molar-refractivity contribution in [3.8, 4) is 0 Å². The highest BCUT2D eigenvalue weighted by Crippen LogP contribution is 2.29. The average molecular weight is 307 g/mol. The Hall–Kier alpha value is -0.703. The van der Waals surface area contributed by atoms with E-state index >= 15 is 0 Å². The van der Waals surface area contributed by atoms with Crippen molar-refractivity contribution in [1.29, 1.82) is 0 Å². The summed E-state index contributed by atoms with van der Waals surface area (Å²) < 4.78 is 0. The van der Waals surface area contributed by atoms with E-state index < -0.39 is 8.07 Å². The van der Waals surface area contributed by atoms with Crippen molar-refractivity contribution in [2.75, 3.05) is 0 Å². The summed E-state index contributed by atoms with van der Waals surface area (Å²) in [5.74, 6) is 0.968. The summed E-state index contributed by atoms with van der Waals surface area (Å²) in [7, 11) is -1.18. The van der Waals surface area contributed by atoms with E-state index in [0.717, 1.165) is 15.7 Å². The molecule has 2 rings (SSSR count). The summed E-state index contributed by atoms with van der Waals surface area (Å²) >= 11 is 7.95. The van der Waals surface area contributed by atoms with Crippen LogP contribution in [0.2, 0.25) is 24.7 Å². The van der Waals surface area contributed by atoms with Gasteiger partial charge in [-0.05, 0) is 17.7 Å². The molecule has 2 aromatic carbocycles. The SMILES string of the molecule is C[Si](C)(C)c1ccc(CSc2ccccc2Cl)cc1. The predicted octanol–water partition coefficient (Wildman–Crippen LogP) is 5.18. The summed E-state index contributed by atoms with van der Waals surface area (Å²) in [6, 6.07) is 17.1. The minimum Gasteiger partial charge on any atom is -0.120 e. The van der Waals surface area contributed by atoms with Gasteiger partial charge in [-0.25, -0.2) is 0 Å². The van der Waals surface area contributed by atoms with Crippen LogP contribution in [0.25, 0.3) is 0 Å². The van der Waals surface area contributed by atoms with Gasteiger partial charge in [0.15, 0.2) is 0 Å². The van der Waals surface area contributed by atoms with Crippen LogP contribution in [0.15, 0.2) is 53.4 Å². The molecule has 0 heterocycles. The minimum atomic E-state index is -1.18. The van der Waals surface area contributed by atoms with Gasteiger partial charge >= 0.3 is 0 Å². The van der Waals surface area contributed by atoms with Crippen LogP contribution in [-0.2, 0) is 5.75 Å². The molecule has 0 amide bonds. The van der Waals surface area contributed by atoms with Crippen molar-refractivity contribution in [2.45, 2.75) is 30.3 Å².